The van der Waals surface area contributed by atoms with Crippen LogP contribution in [0.4, 0.5) is 5.69 Å². The quantitative estimate of drug-likeness (QED) is 0.822. The predicted octanol–water partition coefficient (Wildman–Crippen LogP) is 2.71. The molecule has 0 heterocycles. The standard InChI is InChI=1S/C14H22N2O/c1-5-14(3,4)16-13(17)10-15-12-8-6-7-11(2)9-12/h6-9,15H,5,10H2,1-4H3,(H,16,17). The van der Waals surface area contributed by atoms with Gasteiger partial charge in [-0.2, -0.15) is 0 Å². The normalized spacial score (nSPS) is 11.1. The summed E-state index contributed by atoms with van der Waals surface area (Å²) in [5.74, 6) is 0.0263. The molecule has 0 fully saturated rings. The van der Waals surface area contributed by atoms with Crippen molar-refractivity contribution in [2.45, 2.75) is 39.7 Å². The Hall–Kier alpha value is -1.51. The van der Waals surface area contributed by atoms with Crippen molar-refractivity contribution in [3.63, 3.8) is 0 Å². The first kappa shape index (κ1) is 13.6. The van der Waals surface area contributed by atoms with E-state index in [0.717, 1.165) is 12.1 Å². The number of nitrogens with one attached hydrogen (secondary N) is 2. The van der Waals surface area contributed by atoms with Gasteiger partial charge in [0.2, 0.25) is 5.91 Å². The fourth-order valence-corrected chi connectivity index (χ4v) is 1.45. The number of anilines is 1. The van der Waals surface area contributed by atoms with Crippen molar-refractivity contribution >= 4 is 11.6 Å². The van der Waals surface area contributed by atoms with Crippen molar-refractivity contribution < 1.29 is 4.79 Å². The molecule has 0 atom stereocenters. The molecule has 1 amide bonds. The number of carbonyl (C=O) groups is 1. The zero-order valence-electron chi connectivity index (χ0n) is 11.1. The first-order valence-corrected chi connectivity index (χ1v) is 6.04. The maximum absolute atomic E-state index is 11.7. The second kappa shape index (κ2) is 5.71. The Labute approximate surface area is 104 Å². The van der Waals surface area contributed by atoms with Crippen LogP contribution in [-0.4, -0.2) is 18.0 Å². The van der Waals surface area contributed by atoms with Gasteiger partial charge in [0.15, 0.2) is 0 Å². The summed E-state index contributed by atoms with van der Waals surface area (Å²) >= 11 is 0. The number of rotatable bonds is 5. The minimum Gasteiger partial charge on any atom is -0.376 e. The second-order valence-electron chi connectivity index (χ2n) is 5.01. The van der Waals surface area contributed by atoms with E-state index < -0.39 is 0 Å². The Balaban J connectivity index is 2.44. The Morgan fingerprint density at radius 2 is 2.06 bits per heavy atom. The summed E-state index contributed by atoms with van der Waals surface area (Å²) in [6, 6.07) is 8.00. The molecule has 0 aliphatic heterocycles. The molecule has 1 aromatic carbocycles. The summed E-state index contributed by atoms with van der Waals surface area (Å²) in [5, 5.41) is 6.11. The minimum absolute atomic E-state index is 0.0263. The fraction of sp³-hybridized carbons (Fsp3) is 0.500. The van der Waals surface area contributed by atoms with E-state index in [1.807, 2.05) is 45.0 Å². The van der Waals surface area contributed by atoms with Gasteiger partial charge in [-0.3, -0.25) is 4.79 Å². The van der Waals surface area contributed by atoms with E-state index in [9.17, 15) is 4.79 Å². The van der Waals surface area contributed by atoms with Gasteiger partial charge < -0.3 is 10.6 Å². The minimum atomic E-state index is -0.134. The molecule has 0 spiro atoms. The molecule has 1 rings (SSSR count). The van der Waals surface area contributed by atoms with Gasteiger partial charge in [0.05, 0.1) is 6.54 Å². The van der Waals surface area contributed by atoms with Crippen LogP contribution in [0.1, 0.15) is 32.8 Å². The molecule has 0 unspecified atom stereocenters. The second-order valence-corrected chi connectivity index (χ2v) is 5.01. The molecule has 94 valence electrons. The van der Waals surface area contributed by atoms with E-state index in [-0.39, 0.29) is 11.4 Å². The van der Waals surface area contributed by atoms with Crippen molar-refractivity contribution in [2.24, 2.45) is 0 Å². The van der Waals surface area contributed by atoms with Crippen molar-refractivity contribution in [1.29, 1.82) is 0 Å². The third-order valence-corrected chi connectivity index (χ3v) is 2.83. The highest BCUT2D eigenvalue weighted by Crippen LogP contribution is 2.09. The van der Waals surface area contributed by atoms with Gasteiger partial charge >= 0.3 is 0 Å². The van der Waals surface area contributed by atoms with Gasteiger partial charge in [-0.15, -0.1) is 0 Å². The van der Waals surface area contributed by atoms with E-state index in [2.05, 4.69) is 17.6 Å². The van der Waals surface area contributed by atoms with E-state index >= 15 is 0 Å². The van der Waals surface area contributed by atoms with Crippen LogP contribution in [0.15, 0.2) is 24.3 Å². The number of amides is 1. The van der Waals surface area contributed by atoms with Gasteiger partial charge in [0.25, 0.3) is 0 Å². The topological polar surface area (TPSA) is 41.1 Å². The summed E-state index contributed by atoms with van der Waals surface area (Å²) in [6.07, 6.45) is 0.920. The van der Waals surface area contributed by atoms with E-state index in [1.165, 1.54) is 5.56 Å². The highest BCUT2D eigenvalue weighted by atomic mass is 16.2. The van der Waals surface area contributed by atoms with Gasteiger partial charge in [0.1, 0.15) is 0 Å². The Morgan fingerprint density at radius 3 is 2.65 bits per heavy atom. The Bertz CT molecular complexity index is 386. The molecule has 0 bridgehead atoms. The van der Waals surface area contributed by atoms with Gasteiger partial charge in [0, 0.05) is 11.2 Å². The average Bonchev–Trinajstić information content (AvgIpc) is 2.26. The number of aryl methyl sites for hydroxylation is 1. The summed E-state index contributed by atoms with van der Waals surface area (Å²) in [7, 11) is 0. The molecule has 2 N–H and O–H groups in total. The third kappa shape index (κ3) is 4.89. The molecule has 0 aromatic heterocycles. The van der Waals surface area contributed by atoms with Crippen LogP contribution in [0, 0.1) is 6.92 Å². The molecule has 0 aliphatic carbocycles. The summed E-state index contributed by atoms with van der Waals surface area (Å²) in [5.41, 5.74) is 2.03. The predicted molar refractivity (Wildman–Crippen MR) is 72.2 cm³/mol. The zero-order chi connectivity index (χ0) is 12.9. The monoisotopic (exact) mass is 234 g/mol. The molecule has 0 saturated heterocycles. The number of benzene rings is 1. The van der Waals surface area contributed by atoms with Gasteiger partial charge in [-0.25, -0.2) is 0 Å². The lowest BCUT2D eigenvalue weighted by Gasteiger charge is -2.24. The first-order chi connectivity index (χ1) is 7.93. The lowest BCUT2D eigenvalue weighted by molar-refractivity contribution is -0.121. The summed E-state index contributed by atoms with van der Waals surface area (Å²) in [4.78, 5) is 11.7. The lowest BCUT2D eigenvalue weighted by atomic mass is 10.0. The van der Waals surface area contributed by atoms with Crippen LogP contribution in [0.5, 0.6) is 0 Å². The van der Waals surface area contributed by atoms with Gasteiger partial charge in [-0.1, -0.05) is 19.1 Å². The molecule has 0 radical (unpaired) electrons. The maximum atomic E-state index is 11.7. The molecule has 3 heteroatoms. The highest BCUT2D eigenvalue weighted by Gasteiger charge is 2.17. The zero-order valence-corrected chi connectivity index (χ0v) is 11.1. The molecule has 0 aliphatic rings. The van der Waals surface area contributed by atoms with Crippen LogP contribution < -0.4 is 10.6 Å². The van der Waals surface area contributed by atoms with Crippen LogP contribution >= 0.6 is 0 Å². The Morgan fingerprint density at radius 1 is 1.35 bits per heavy atom. The first-order valence-electron chi connectivity index (χ1n) is 6.04. The molecule has 1 aromatic rings. The number of carbonyl (C=O) groups excluding carboxylic acids is 1. The summed E-state index contributed by atoms with van der Waals surface area (Å²) < 4.78 is 0. The smallest absolute Gasteiger partial charge is 0.239 e. The largest absolute Gasteiger partial charge is 0.376 e. The molecular formula is C14H22N2O. The molecule has 17 heavy (non-hydrogen) atoms. The summed E-state index contributed by atoms with van der Waals surface area (Å²) in [6.45, 7) is 8.46. The van der Waals surface area contributed by atoms with E-state index in [0.29, 0.717) is 6.54 Å². The van der Waals surface area contributed by atoms with Crippen molar-refractivity contribution in [3.8, 4) is 0 Å². The van der Waals surface area contributed by atoms with E-state index in [4.69, 9.17) is 0 Å². The maximum Gasteiger partial charge on any atom is 0.239 e. The van der Waals surface area contributed by atoms with E-state index in [1.54, 1.807) is 0 Å². The number of hydrogen-bond acceptors (Lipinski definition) is 2. The lowest BCUT2D eigenvalue weighted by Crippen LogP contribution is -2.45. The van der Waals surface area contributed by atoms with Crippen LogP contribution in [0.3, 0.4) is 0 Å². The Kier molecular flexibility index (Phi) is 4.55. The SMILES string of the molecule is CCC(C)(C)NC(=O)CNc1cccc(C)c1. The molecular weight excluding hydrogens is 212 g/mol. The number of hydrogen-bond donors (Lipinski definition) is 2. The van der Waals surface area contributed by atoms with Crippen molar-refractivity contribution in [2.75, 3.05) is 11.9 Å². The third-order valence-electron chi connectivity index (χ3n) is 2.83. The van der Waals surface area contributed by atoms with Crippen LogP contribution in [-0.2, 0) is 4.79 Å². The van der Waals surface area contributed by atoms with Crippen LogP contribution in [0.2, 0.25) is 0 Å². The fourth-order valence-electron chi connectivity index (χ4n) is 1.45. The van der Waals surface area contributed by atoms with Crippen molar-refractivity contribution in [3.05, 3.63) is 29.8 Å². The average molecular weight is 234 g/mol. The molecule has 0 saturated carbocycles. The van der Waals surface area contributed by atoms with Crippen LogP contribution in [0.25, 0.3) is 0 Å². The van der Waals surface area contributed by atoms with Crippen molar-refractivity contribution in [1.82, 2.24) is 5.32 Å². The molecule has 3 nitrogen and oxygen atoms in total. The highest BCUT2D eigenvalue weighted by molar-refractivity contribution is 5.81. The van der Waals surface area contributed by atoms with Gasteiger partial charge in [-0.05, 0) is 44.9 Å².